The van der Waals surface area contributed by atoms with Crippen molar-refractivity contribution in [2.75, 3.05) is 30.2 Å². The summed E-state index contributed by atoms with van der Waals surface area (Å²) in [5, 5.41) is 25.0. The molecule has 107 heavy (non-hydrogen) atoms. The van der Waals surface area contributed by atoms with E-state index >= 15 is 0 Å². The summed E-state index contributed by atoms with van der Waals surface area (Å²) in [4.78, 5) is 39.0. The Labute approximate surface area is 607 Å². The third-order valence-corrected chi connectivity index (χ3v) is 18.6. The smallest absolute Gasteiger partial charge is 0.316 e. The summed E-state index contributed by atoms with van der Waals surface area (Å²) in [5.74, 6) is -4.91. The molecule has 5 aromatic heterocycles. The molecule has 0 saturated carbocycles. The third-order valence-electron chi connectivity index (χ3n) is 16.0. The summed E-state index contributed by atoms with van der Waals surface area (Å²) < 4.78 is 199. The van der Waals surface area contributed by atoms with Gasteiger partial charge in [-0.1, -0.05) is 109 Å². The topological polar surface area (TPSA) is 315 Å². The molecular weight excluding hydrogens is 1470 g/mol. The first-order chi connectivity index (χ1) is 50.9. The highest BCUT2D eigenvalue weighted by molar-refractivity contribution is 7.90. The van der Waals surface area contributed by atoms with Gasteiger partial charge in [0, 0.05) is 74.4 Å². The summed E-state index contributed by atoms with van der Waals surface area (Å²) >= 11 is 0. The molecule has 6 heterocycles. The fourth-order valence-corrected chi connectivity index (χ4v) is 13.6. The molecule has 3 unspecified atom stereocenters. The van der Waals surface area contributed by atoms with Gasteiger partial charge in [-0.05, 0) is 123 Å². The van der Waals surface area contributed by atoms with Crippen molar-refractivity contribution in [1.29, 1.82) is 0 Å². The summed E-state index contributed by atoms with van der Waals surface area (Å²) in [6.07, 6.45) is 4.44. The van der Waals surface area contributed by atoms with E-state index in [1.54, 1.807) is 73.1 Å². The number of carbonyl (C=O) groups excluding carboxylic acids is 1. The van der Waals surface area contributed by atoms with Crippen molar-refractivity contribution in [2.24, 2.45) is 15.4 Å². The number of alkyl halides is 6. The number of hydrogen-bond donors (Lipinski definition) is 0. The number of carbonyl (C=O) groups is 1. The fraction of sp³-hybridized carbons (Fsp3) is 0.250. The van der Waals surface area contributed by atoms with Crippen molar-refractivity contribution in [3.05, 3.63) is 279 Å². The minimum Gasteiger partial charge on any atom is -0.415 e. The average molecular weight is 1540 g/mol. The van der Waals surface area contributed by atoms with E-state index in [-0.39, 0.29) is 70.1 Å². The van der Waals surface area contributed by atoms with Crippen LogP contribution in [0.4, 0.5) is 45.5 Å². The van der Waals surface area contributed by atoms with Crippen LogP contribution in [0.1, 0.15) is 110 Å². The van der Waals surface area contributed by atoms with Crippen LogP contribution in [-0.2, 0) is 83.7 Å². The normalized spacial score (nSPS) is 13.2. The van der Waals surface area contributed by atoms with Crippen LogP contribution in [-0.4, -0.2) is 119 Å². The van der Waals surface area contributed by atoms with Crippen LogP contribution in [0.2, 0.25) is 0 Å². The zero-order chi connectivity index (χ0) is 76.6. The Hall–Kier alpha value is -11.2. The Balaban J connectivity index is 0.000000173. The van der Waals surface area contributed by atoms with E-state index in [2.05, 4.69) is 65.7 Å². The van der Waals surface area contributed by atoms with Crippen molar-refractivity contribution in [3.8, 4) is 22.9 Å². The fourth-order valence-electron chi connectivity index (χ4n) is 11.3. The van der Waals surface area contributed by atoms with Gasteiger partial charge in [0.2, 0.25) is 5.95 Å². The molecule has 1 amide bonds. The lowest BCUT2D eigenvalue weighted by atomic mass is 9.88. The highest BCUT2D eigenvalue weighted by Crippen LogP contribution is 2.34. The van der Waals surface area contributed by atoms with E-state index in [4.69, 9.17) is 8.83 Å². The van der Waals surface area contributed by atoms with E-state index in [1.807, 2.05) is 36.4 Å². The quantitative estimate of drug-likeness (QED) is 0.0432. The lowest BCUT2D eigenvalue weighted by molar-refractivity contribution is -0.129. The SMILES string of the molecule is CS(=O)(=O)Cc1cccc(CC(Cc2ncc(-c3nnc(C(F)F)o3)cn2)c2ccc(F)cc2)c1.CS(=O)(=O)Cc1cccc(CC(Cc2ncc(C3=NN=NC3)cn2)c2ccc(F)cc2)c1.CS(=O)(=O)Cc1cccc(CC(c2ccc(F)cc2)N(C(=O)C(F)F)c2ncc(-c3nnc(C(F)F)o3)cn2)c1. The Bertz CT molecular complexity index is 5270. The van der Waals surface area contributed by atoms with Gasteiger partial charge in [0.25, 0.3) is 29.5 Å². The first-order valence-corrected chi connectivity index (χ1v) is 38.4. The van der Waals surface area contributed by atoms with Crippen LogP contribution < -0.4 is 4.90 Å². The van der Waals surface area contributed by atoms with E-state index in [9.17, 15) is 69.6 Å². The van der Waals surface area contributed by atoms with E-state index in [1.165, 1.54) is 61.3 Å². The Kier molecular flexibility index (Phi) is 25.8. The zero-order valence-corrected chi connectivity index (χ0v) is 59.2. The van der Waals surface area contributed by atoms with Crippen LogP contribution in [0.15, 0.2) is 207 Å². The molecule has 0 N–H and O–H groups in total. The summed E-state index contributed by atoms with van der Waals surface area (Å²) in [7, 11) is -9.68. The standard InChI is InChI=1S/C25H20F5N5O4S.C24H21F3N4O3S.C23H22FN5O2S/c1-40(37,38)13-15-4-2-3-14(9-15)10-19(16-5-7-18(26)8-6-16)35(24(36)21(29)30)25-31-11-17(12-32-25)22-33-34-23(39-22)20(27)28;1-35(32,33)14-16-4-2-3-15(9-16)10-18(17-5-7-20(25)8-6-17)11-21-28-12-19(13-29-21)23-30-31-24(34-23)22(26)27;1-32(30,31)15-17-4-2-3-16(9-17)10-19(18-5-7-21(24)8-6-18)11-23-25-12-20(13-26-23)22-14-27-29-28-22/h2-9,11-12,19-21H,10,13H2,1H3;2-9,12-13,18,22H,10-11,14H2,1H3;2-9,12-13,19H,10-11,14-15H2,1H3. The minimum atomic E-state index is -3.48. The maximum absolute atomic E-state index is 13.8. The molecule has 12 rings (SSSR count). The van der Waals surface area contributed by atoms with Gasteiger partial charge in [-0.3, -0.25) is 9.69 Å². The summed E-state index contributed by atoms with van der Waals surface area (Å²) in [5.41, 5.74) is 8.18. The maximum atomic E-state index is 13.8. The molecule has 23 nitrogen and oxygen atoms in total. The van der Waals surface area contributed by atoms with Gasteiger partial charge < -0.3 is 8.83 Å². The summed E-state index contributed by atoms with van der Waals surface area (Å²) in [6, 6.07) is 37.4. The summed E-state index contributed by atoms with van der Waals surface area (Å²) in [6.45, 7) is 0.421. The van der Waals surface area contributed by atoms with Gasteiger partial charge in [-0.15, -0.1) is 25.5 Å². The number of amides is 1. The van der Waals surface area contributed by atoms with Crippen LogP contribution in [0.3, 0.4) is 0 Å². The van der Waals surface area contributed by atoms with Gasteiger partial charge >= 0.3 is 19.3 Å². The van der Waals surface area contributed by atoms with E-state index < -0.39 is 84.3 Å². The highest BCUT2D eigenvalue weighted by atomic mass is 32.2. The molecule has 1 aliphatic heterocycles. The number of hydrogen-bond acceptors (Lipinski definition) is 22. The molecule has 0 fully saturated rings. The van der Waals surface area contributed by atoms with Crippen molar-refractivity contribution in [2.45, 2.75) is 86.5 Å². The molecule has 0 saturated heterocycles. The molecule has 556 valence electrons. The number of halogens is 9. The number of rotatable bonds is 27. The first kappa shape index (κ1) is 78.4. The van der Waals surface area contributed by atoms with E-state index in [0.29, 0.717) is 71.0 Å². The second kappa shape index (κ2) is 35.3. The third kappa shape index (κ3) is 23.4. The largest absolute Gasteiger partial charge is 0.415 e. The van der Waals surface area contributed by atoms with Gasteiger partial charge in [-0.2, -0.15) is 31.5 Å². The number of benzene rings is 6. The van der Waals surface area contributed by atoms with Gasteiger partial charge in [0.05, 0.1) is 40.1 Å². The van der Waals surface area contributed by atoms with Crippen molar-refractivity contribution in [1.82, 2.24) is 50.3 Å². The number of sulfone groups is 3. The Morgan fingerprint density at radius 1 is 0.439 bits per heavy atom. The lowest BCUT2D eigenvalue weighted by Crippen LogP contribution is -2.41. The van der Waals surface area contributed by atoms with Gasteiger partial charge in [-0.25, -0.2) is 68.3 Å². The Morgan fingerprint density at radius 3 is 1.14 bits per heavy atom. The Morgan fingerprint density at radius 2 is 0.794 bits per heavy atom. The molecule has 1 aliphatic rings. The van der Waals surface area contributed by atoms with Crippen LogP contribution in [0, 0.1) is 17.5 Å². The molecule has 0 bridgehead atoms. The molecule has 6 aromatic carbocycles. The second-order valence-electron chi connectivity index (χ2n) is 24.7. The predicted molar refractivity (Wildman–Crippen MR) is 373 cm³/mol. The van der Waals surface area contributed by atoms with Crippen LogP contribution in [0.25, 0.3) is 22.9 Å². The van der Waals surface area contributed by atoms with Crippen LogP contribution >= 0.6 is 0 Å². The van der Waals surface area contributed by atoms with Gasteiger partial charge in [0.15, 0.2) is 29.5 Å². The van der Waals surface area contributed by atoms with Crippen molar-refractivity contribution < 1.29 is 78.4 Å². The number of anilines is 1. The monoisotopic (exact) mass is 1530 g/mol. The second-order valence-corrected chi connectivity index (χ2v) is 31.2. The molecule has 0 aliphatic carbocycles. The maximum Gasteiger partial charge on any atom is 0.316 e. The zero-order valence-electron chi connectivity index (χ0n) is 56.7. The van der Waals surface area contributed by atoms with E-state index in [0.717, 1.165) is 69.9 Å². The van der Waals surface area contributed by atoms with Gasteiger partial charge in [0.1, 0.15) is 35.6 Å². The number of nitrogens with zero attached hydrogens (tertiary/aromatic N) is 14. The number of aromatic nitrogens is 10. The molecule has 3 atom stereocenters. The van der Waals surface area contributed by atoms with Crippen molar-refractivity contribution >= 4 is 47.1 Å². The highest BCUT2D eigenvalue weighted by Gasteiger charge is 2.35. The average Bonchev–Trinajstić information content (AvgIpc) is 1.75. The molecule has 35 heteroatoms. The van der Waals surface area contributed by atoms with Crippen LogP contribution in [0.5, 0.6) is 0 Å². The lowest BCUT2D eigenvalue weighted by Gasteiger charge is -2.30. The molecule has 11 aromatic rings. The minimum absolute atomic E-state index is 0.00487. The predicted octanol–water partition coefficient (Wildman–Crippen LogP) is 13.3. The molecule has 0 spiro atoms. The van der Waals surface area contributed by atoms with Crippen molar-refractivity contribution in [3.63, 3.8) is 0 Å². The molecule has 0 radical (unpaired) electrons. The first-order valence-electron chi connectivity index (χ1n) is 32.2. The molecular formula is C72H63F9N14O9S3.